The van der Waals surface area contributed by atoms with Gasteiger partial charge < -0.3 is 9.47 Å². The Morgan fingerprint density at radius 2 is 1.63 bits per heavy atom. The molecule has 2 aromatic carbocycles. The van der Waals surface area contributed by atoms with Crippen LogP contribution in [0.2, 0.25) is 0 Å². The van der Waals surface area contributed by atoms with E-state index in [2.05, 4.69) is 34.1 Å². The van der Waals surface area contributed by atoms with E-state index in [1.54, 1.807) is 14.2 Å². The van der Waals surface area contributed by atoms with Crippen molar-refractivity contribution in [1.82, 2.24) is 0 Å². The van der Waals surface area contributed by atoms with Crippen molar-refractivity contribution >= 4 is 15.9 Å². The van der Waals surface area contributed by atoms with Gasteiger partial charge in [-0.25, -0.2) is 0 Å². The molecule has 0 aliphatic rings. The molecule has 0 bridgehead atoms. The topological polar surface area (TPSA) is 18.5 Å². The Labute approximate surface area is 122 Å². The van der Waals surface area contributed by atoms with E-state index in [-0.39, 0.29) is 4.83 Å². The predicted octanol–water partition coefficient (Wildman–Crippen LogP) is 4.50. The lowest BCUT2D eigenvalue weighted by atomic mass is 10.0. The number of ether oxygens (including phenoxy) is 2. The molecule has 0 aliphatic carbocycles. The van der Waals surface area contributed by atoms with Gasteiger partial charge in [0.25, 0.3) is 0 Å². The van der Waals surface area contributed by atoms with E-state index in [4.69, 9.17) is 9.47 Å². The zero-order valence-corrected chi connectivity index (χ0v) is 12.9. The molecule has 0 aliphatic heterocycles. The molecular formula is C16H17BrO2. The fourth-order valence-electron chi connectivity index (χ4n) is 2.11. The quantitative estimate of drug-likeness (QED) is 0.772. The highest BCUT2D eigenvalue weighted by Gasteiger charge is 2.15. The van der Waals surface area contributed by atoms with Gasteiger partial charge in [0.2, 0.25) is 0 Å². The van der Waals surface area contributed by atoms with E-state index in [9.17, 15) is 0 Å². The number of methoxy groups -OCH3 is 2. The predicted molar refractivity (Wildman–Crippen MR) is 81.5 cm³/mol. The lowest BCUT2D eigenvalue weighted by Crippen LogP contribution is -1.98. The fourth-order valence-corrected chi connectivity index (χ4v) is 2.78. The Hall–Kier alpha value is -1.48. The second-order valence-electron chi connectivity index (χ2n) is 4.33. The van der Waals surface area contributed by atoms with E-state index in [1.807, 2.05) is 31.2 Å². The smallest absolute Gasteiger partial charge is 0.123 e. The Morgan fingerprint density at radius 3 is 2.26 bits per heavy atom. The number of hydrogen-bond acceptors (Lipinski definition) is 2. The molecule has 1 atom stereocenters. The summed E-state index contributed by atoms with van der Waals surface area (Å²) >= 11 is 3.75. The van der Waals surface area contributed by atoms with Gasteiger partial charge >= 0.3 is 0 Å². The van der Waals surface area contributed by atoms with Crippen molar-refractivity contribution in [1.29, 1.82) is 0 Å². The van der Waals surface area contributed by atoms with Crippen molar-refractivity contribution in [3.8, 4) is 11.5 Å². The highest BCUT2D eigenvalue weighted by Crippen LogP contribution is 2.37. The van der Waals surface area contributed by atoms with Crippen LogP contribution in [0, 0.1) is 6.92 Å². The van der Waals surface area contributed by atoms with E-state index < -0.39 is 0 Å². The normalized spacial score (nSPS) is 12.0. The molecule has 0 aromatic heterocycles. The Balaban J connectivity index is 2.38. The summed E-state index contributed by atoms with van der Waals surface area (Å²) in [7, 11) is 3.38. The molecule has 0 saturated carbocycles. The first kappa shape index (κ1) is 13.9. The molecule has 0 fully saturated rings. The van der Waals surface area contributed by atoms with Crippen LogP contribution in [0.5, 0.6) is 11.5 Å². The summed E-state index contributed by atoms with van der Waals surface area (Å²) in [4.78, 5) is 0.105. The van der Waals surface area contributed by atoms with E-state index in [0.29, 0.717) is 0 Å². The average Bonchev–Trinajstić information content (AvgIpc) is 2.46. The third kappa shape index (κ3) is 2.92. The molecule has 0 saturated heterocycles. The molecule has 2 nitrogen and oxygen atoms in total. The molecule has 1 unspecified atom stereocenters. The second kappa shape index (κ2) is 6.11. The molecule has 100 valence electrons. The van der Waals surface area contributed by atoms with Crippen molar-refractivity contribution in [3.05, 3.63) is 59.2 Å². The molecule has 3 heteroatoms. The zero-order chi connectivity index (χ0) is 13.8. The lowest BCUT2D eigenvalue weighted by Gasteiger charge is -2.16. The highest BCUT2D eigenvalue weighted by atomic mass is 79.9. The fraction of sp³-hybridized carbons (Fsp3) is 0.250. The summed E-state index contributed by atoms with van der Waals surface area (Å²) in [6, 6.07) is 14.2. The SMILES string of the molecule is COc1ccc(C(Br)c2ccccc2OC)cc1C. The van der Waals surface area contributed by atoms with Gasteiger partial charge in [0.1, 0.15) is 11.5 Å². The van der Waals surface area contributed by atoms with E-state index in [0.717, 1.165) is 22.6 Å². The number of rotatable bonds is 4. The Kier molecular flexibility index (Phi) is 4.48. The first-order valence-electron chi connectivity index (χ1n) is 6.09. The summed E-state index contributed by atoms with van der Waals surface area (Å²) in [5, 5.41) is 0. The van der Waals surface area contributed by atoms with Gasteiger partial charge in [-0.1, -0.05) is 46.3 Å². The van der Waals surface area contributed by atoms with Crippen LogP contribution in [0.1, 0.15) is 21.5 Å². The van der Waals surface area contributed by atoms with E-state index in [1.165, 1.54) is 5.56 Å². The van der Waals surface area contributed by atoms with Gasteiger partial charge in [0.15, 0.2) is 0 Å². The van der Waals surface area contributed by atoms with Crippen LogP contribution in [0.25, 0.3) is 0 Å². The molecule has 19 heavy (non-hydrogen) atoms. The van der Waals surface area contributed by atoms with Crippen molar-refractivity contribution in [2.75, 3.05) is 14.2 Å². The molecule has 2 rings (SSSR count). The van der Waals surface area contributed by atoms with Gasteiger partial charge in [-0.3, -0.25) is 0 Å². The van der Waals surface area contributed by atoms with Crippen LogP contribution in [0.3, 0.4) is 0 Å². The standard InChI is InChI=1S/C16H17BrO2/c1-11-10-12(8-9-14(11)18-2)16(17)13-6-4-5-7-15(13)19-3/h4-10,16H,1-3H3. The van der Waals surface area contributed by atoms with Crippen LogP contribution >= 0.6 is 15.9 Å². The van der Waals surface area contributed by atoms with Crippen LogP contribution in [0.15, 0.2) is 42.5 Å². The van der Waals surface area contributed by atoms with Gasteiger partial charge in [0, 0.05) is 5.56 Å². The molecule has 0 N–H and O–H groups in total. The summed E-state index contributed by atoms with van der Waals surface area (Å²) in [6.45, 7) is 2.05. The number of para-hydroxylation sites is 1. The van der Waals surface area contributed by atoms with E-state index >= 15 is 0 Å². The molecule has 0 radical (unpaired) electrons. The molecule has 0 heterocycles. The van der Waals surface area contributed by atoms with Gasteiger partial charge in [-0.15, -0.1) is 0 Å². The zero-order valence-electron chi connectivity index (χ0n) is 11.3. The van der Waals surface area contributed by atoms with Crippen LogP contribution < -0.4 is 9.47 Å². The van der Waals surface area contributed by atoms with Gasteiger partial charge in [0.05, 0.1) is 19.0 Å². The number of benzene rings is 2. The molecule has 0 amide bonds. The highest BCUT2D eigenvalue weighted by molar-refractivity contribution is 9.09. The number of aryl methyl sites for hydroxylation is 1. The Morgan fingerprint density at radius 1 is 0.947 bits per heavy atom. The minimum atomic E-state index is 0.105. The summed E-state index contributed by atoms with van der Waals surface area (Å²) < 4.78 is 10.7. The van der Waals surface area contributed by atoms with Crippen molar-refractivity contribution < 1.29 is 9.47 Å². The minimum absolute atomic E-state index is 0.105. The Bertz CT molecular complexity index is 566. The maximum absolute atomic E-state index is 5.41. The largest absolute Gasteiger partial charge is 0.496 e. The van der Waals surface area contributed by atoms with Crippen LogP contribution in [-0.4, -0.2) is 14.2 Å². The van der Waals surface area contributed by atoms with Crippen LogP contribution in [0.4, 0.5) is 0 Å². The van der Waals surface area contributed by atoms with Crippen LogP contribution in [-0.2, 0) is 0 Å². The number of halogens is 1. The molecular weight excluding hydrogens is 304 g/mol. The third-order valence-corrected chi connectivity index (χ3v) is 4.15. The van der Waals surface area contributed by atoms with Gasteiger partial charge in [-0.2, -0.15) is 0 Å². The molecule has 2 aromatic rings. The first-order chi connectivity index (χ1) is 9.17. The maximum Gasteiger partial charge on any atom is 0.123 e. The average molecular weight is 321 g/mol. The third-order valence-electron chi connectivity index (χ3n) is 3.12. The molecule has 0 spiro atoms. The van der Waals surface area contributed by atoms with Crippen molar-refractivity contribution in [2.45, 2.75) is 11.8 Å². The summed E-state index contributed by atoms with van der Waals surface area (Å²) in [6.07, 6.45) is 0. The summed E-state index contributed by atoms with van der Waals surface area (Å²) in [5.74, 6) is 1.79. The lowest BCUT2D eigenvalue weighted by molar-refractivity contribution is 0.410. The minimum Gasteiger partial charge on any atom is -0.496 e. The maximum atomic E-state index is 5.41. The number of alkyl halides is 1. The summed E-state index contributed by atoms with van der Waals surface area (Å²) in [5.41, 5.74) is 3.43. The van der Waals surface area contributed by atoms with Crippen molar-refractivity contribution in [3.63, 3.8) is 0 Å². The van der Waals surface area contributed by atoms with Crippen molar-refractivity contribution in [2.24, 2.45) is 0 Å². The van der Waals surface area contributed by atoms with Gasteiger partial charge in [-0.05, 0) is 30.2 Å². The monoisotopic (exact) mass is 320 g/mol. The second-order valence-corrected chi connectivity index (χ2v) is 5.25. The number of hydrogen-bond donors (Lipinski definition) is 0. The first-order valence-corrected chi connectivity index (χ1v) is 7.00.